The third-order valence-corrected chi connectivity index (χ3v) is 7.06. The fraction of sp³-hybridized carbons (Fsp3) is 0.583. The van der Waals surface area contributed by atoms with E-state index < -0.39 is 0 Å². The summed E-state index contributed by atoms with van der Waals surface area (Å²) in [5.41, 5.74) is 4.04. The van der Waals surface area contributed by atoms with Crippen LogP contribution in [0.15, 0.2) is 46.8 Å². The molecule has 156 valence electrons. The largest absolute Gasteiger partial charge is 0.354 e. The molecule has 1 N–H and O–H groups in total. The minimum absolute atomic E-state index is 0.0368. The Morgan fingerprint density at radius 2 is 2.10 bits per heavy atom. The molecule has 0 unspecified atom stereocenters. The first-order valence-corrected chi connectivity index (χ1v) is 10.9. The first-order valence-electron chi connectivity index (χ1n) is 10.9. The van der Waals surface area contributed by atoms with E-state index in [2.05, 4.69) is 35.9 Å². The van der Waals surface area contributed by atoms with Crippen molar-refractivity contribution in [1.82, 2.24) is 14.8 Å². The lowest BCUT2D eigenvalue weighted by Crippen LogP contribution is -2.52. The minimum Gasteiger partial charge on any atom is -0.354 e. The SMILES string of the molecule is C=C(C)[C@@H]1CC=C(CN2C[C@H]3C[C@@H](C2)[C@H](CNC(C)=O)n2c3cccc2=O)CC1. The predicted octanol–water partition coefficient (Wildman–Crippen LogP) is 3.25. The second-order valence-electron chi connectivity index (χ2n) is 9.23. The number of hydrogen-bond acceptors (Lipinski definition) is 3. The molecule has 5 heteroatoms. The molecule has 29 heavy (non-hydrogen) atoms. The molecule has 3 aliphatic rings. The number of fused-ring (bicyclic) bond motifs is 4. The van der Waals surface area contributed by atoms with E-state index in [1.165, 1.54) is 12.0 Å². The third-order valence-electron chi connectivity index (χ3n) is 7.06. The maximum absolute atomic E-state index is 12.7. The molecule has 1 aromatic heterocycles. The number of amides is 1. The molecule has 4 atom stereocenters. The van der Waals surface area contributed by atoms with Crippen molar-refractivity contribution in [2.45, 2.75) is 51.5 Å². The van der Waals surface area contributed by atoms with Crippen LogP contribution < -0.4 is 10.9 Å². The van der Waals surface area contributed by atoms with Crippen molar-refractivity contribution in [3.8, 4) is 0 Å². The summed E-state index contributed by atoms with van der Waals surface area (Å²) in [7, 11) is 0. The van der Waals surface area contributed by atoms with Crippen LogP contribution in [0.3, 0.4) is 0 Å². The molecule has 1 amide bonds. The average Bonchev–Trinajstić information content (AvgIpc) is 2.68. The van der Waals surface area contributed by atoms with Crippen LogP contribution in [0.5, 0.6) is 0 Å². The van der Waals surface area contributed by atoms with Crippen molar-refractivity contribution in [2.24, 2.45) is 11.8 Å². The number of rotatable bonds is 5. The van der Waals surface area contributed by atoms with Gasteiger partial charge in [-0.3, -0.25) is 14.5 Å². The summed E-state index contributed by atoms with van der Waals surface area (Å²) in [5, 5.41) is 2.96. The zero-order valence-corrected chi connectivity index (χ0v) is 17.7. The van der Waals surface area contributed by atoms with Gasteiger partial charge in [-0.05, 0) is 50.5 Å². The lowest BCUT2D eigenvalue weighted by atomic mass is 9.78. The third kappa shape index (κ3) is 4.25. The van der Waals surface area contributed by atoms with Gasteiger partial charge >= 0.3 is 0 Å². The summed E-state index contributed by atoms with van der Waals surface area (Å²) >= 11 is 0. The van der Waals surface area contributed by atoms with E-state index in [4.69, 9.17) is 0 Å². The number of carbonyl (C=O) groups is 1. The van der Waals surface area contributed by atoms with Crippen molar-refractivity contribution < 1.29 is 4.79 Å². The van der Waals surface area contributed by atoms with Crippen LogP contribution in [-0.4, -0.2) is 41.6 Å². The molecule has 0 spiro atoms. The van der Waals surface area contributed by atoms with Gasteiger partial charge in [0.05, 0.1) is 6.04 Å². The molecule has 1 aliphatic carbocycles. The second-order valence-corrected chi connectivity index (χ2v) is 9.23. The lowest BCUT2D eigenvalue weighted by molar-refractivity contribution is -0.119. The van der Waals surface area contributed by atoms with Crippen LogP contribution in [-0.2, 0) is 4.79 Å². The number of hydrogen-bond donors (Lipinski definition) is 1. The van der Waals surface area contributed by atoms with E-state index in [1.54, 1.807) is 18.6 Å². The van der Waals surface area contributed by atoms with Crippen LogP contribution in [0.25, 0.3) is 0 Å². The average molecular weight is 396 g/mol. The molecule has 0 saturated carbocycles. The van der Waals surface area contributed by atoms with Gasteiger partial charge in [-0.2, -0.15) is 0 Å². The lowest BCUT2D eigenvalue weighted by Gasteiger charge is -2.47. The first-order chi connectivity index (χ1) is 13.9. The van der Waals surface area contributed by atoms with E-state index in [0.29, 0.717) is 24.3 Å². The molecular weight excluding hydrogens is 362 g/mol. The minimum atomic E-state index is -0.0373. The highest BCUT2D eigenvalue weighted by atomic mass is 16.1. The van der Waals surface area contributed by atoms with Gasteiger partial charge in [-0.25, -0.2) is 0 Å². The number of piperidine rings is 1. The number of nitrogens with zero attached hydrogens (tertiary/aromatic N) is 2. The van der Waals surface area contributed by atoms with Gasteiger partial charge in [0.15, 0.2) is 0 Å². The quantitative estimate of drug-likeness (QED) is 0.779. The van der Waals surface area contributed by atoms with Gasteiger partial charge in [0.2, 0.25) is 5.91 Å². The Bertz CT molecular complexity index is 884. The molecular formula is C24H33N3O2. The zero-order chi connectivity index (χ0) is 20.5. The maximum Gasteiger partial charge on any atom is 0.251 e. The molecule has 5 nitrogen and oxygen atoms in total. The molecule has 1 fully saturated rings. The number of aromatic nitrogens is 1. The molecule has 1 saturated heterocycles. The van der Waals surface area contributed by atoms with Crippen molar-refractivity contribution in [3.05, 3.63) is 58.0 Å². The van der Waals surface area contributed by atoms with E-state index in [0.717, 1.165) is 44.6 Å². The molecule has 4 rings (SSSR count). The topological polar surface area (TPSA) is 54.3 Å². The van der Waals surface area contributed by atoms with Gasteiger partial charge < -0.3 is 9.88 Å². The summed E-state index contributed by atoms with van der Waals surface area (Å²) in [4.78, 5) is 26.8. The fourth-order valence-corrected chi connectivity index (χ4v) is 5.54. The standard InChI is InChI=1S/C24H33N3O2/c1-16(2)19-9-7-18(8-10-19)13-26-14-20-11-21(15-26)23(12-25-17(3)28)27-22(20)5-4-6-24(27)29/h4-7,19-21,23H,1,8-15H2,2-3H3,(H,25,28)/t19-,20-,21+,23+/m1/s1. The van der Waals surface area contributed by atoms with Gasteiger partial charge in [0.1, 0.15) is 0 Å². The number of pyridine rings is 1. The highest BCUT2D eigenvalue weighted by Crippen LogP contribution is 2.41. The van der Waals surface area contributed by atoms with E-state index in [1.807, 2.05) is 10.6 Å². The van der Waals surface area contributed by atoms with E-state index >= 15 is 0 Å². The Morgan fingerprint density at radius 3 is 2.79 bits per heavy atom. The molecule has 1 aromatic rings. The monoisotopic (exact) mass is 395 g/mol. The van der Waals surface area contributed by atoms with Crippen molar-refractivity contribution in [2.75, 3.05) is 26.2 Å². The fourth-order valence-electron chi connectivity index (χ4n) is 5.54. The van der Waals surface area contributed by atoms with Gasteiger partial charge in [-0.1, -0.05) is 29.9 Å². The Kier molecular flexibility index (Phi) is 5.77. The predicted molar refractivity (Wildman–Crippen MR) is 116 cm³/mol. The van der Waals surface area contributed by atoms with Gasteiger partial charge in [0, 0.05) is 50.8 Å². The number of likely N-dealkylation sites (tertiary alicyclic amines) is 1. The van der Waals surface area contributed by atoms with Gasteiger partial charge in [-0.15, -0.1) is 0 Å². The van der Waals surface area contributed by atoms with Crippen molar-refractivity contribution in [3.63, 3.8) is 0 Å². The summed E-state index contributed by atoms with van der Waals surface area (Å²) in [6.45, 7) is 11.4. The molecule has 0 aromatic carbocycles. The van der Waals surface area contributed by atoms with Gasteiger partial charge in [0.25, 0.3) is 5.56 Å². The van der Waals surface area contributed by atoms with E-state index in [-0.39, 0.29) is 17.5 Å². The number of allylic oxidation sites excluding steroid dienone is 2. The normalized spacial score (nSPS) is 29.0. The Hall–Kier alpha value is -2.14. The van der Waals surface area contributed by atoms with Crippen LogP contribution in [0, 0.1) is 11.8 Å². The summed E-state index contributed by atoms with van der Waals surface area (Å²) in [6, 6.07) is 5.66. The highest BCUT2D eigenvalue weighted by Gasteiger charge is 2.40. The Morgan fingerprint density at radius 1 is 1.28 bits per heavy atom. The first kappa shape index (κ1) is 20.1. The van der Waals surface area contributed by atoms with Crippen LogP contribution >= 0.6 is 0 Å². The van der Waals surface area contributed by atoms with Crippen LogP contribution in [0.1, 0.15) is 57.2 Å². The van der Waals surface area contributed by atoms with Crippen molar-refractivity contribution in [1.29, 1.82) is 0 Å². The molecule has 2 aliphatic heterocycles. The van der Waals surface area contributed by atoms with Crippen LogP contribution in [0.2, 0.25) is 0 Å². The van der Waals surface area contributed by atoms with E-state index in [9.17, 15) is 9.59 Å². The summed E-state index contributed by atoms with van der Waals surface area (Å²) in [5.74, 6) is 1.38. The smallest absolute Gasteiger partial charge is 0.251 e. The number of nitrogens with one attached hydrogen (secondary N) is 1. The Labute approximate surface area is 173 Å². The molecule has 3 heterocycles. The van der Waals surface area contributed by atoms with Crippen molar-refractivity contribution >= 4 is 5.91 Å². The Balaban J connectivity index is 1.53. The van der Waals surface area contributed by atoms with Crippen LogP contribution in [0.4, 0.5) is 0 Å². The highest BCUT2D eigenvalue weighted by molar-refractivity contribution is 5.72. The summed E-state index contributed by atoms with van der Waals surface area (Å²) < 4.78 is 1.96. The maximum atomic E-state index is 12.7. The molecule has 0 radical (unpaired) electrons. The zero-order valence-electron chi connectivity index (χ0n) is 17.7. The second kappa shape index (κ2) is 8.31. The summed E-state index contributed by atoms with van der Waals surface area (Å²) in [6.07, 6.45) is 7.02. The number of carbonyl (C=O) groups excluding carboxylic acids is 1. The molecule has 2 bridgehead atoms.